The summed E-state index contributed by atoms with van der Waals surface area (Å²) in [5.74, 6) is -1.82. The normalized spacial score (nSPS) is 11.0. The van der Waals surface area contributed by atoms with Crippen molar-refractivity contribution in [2.45, 2.75) is 12.6 Å². The minimum absolute atomic E-state index is 0.208. The number of hydrogen-bond donors (Lipinski definition) is 2. The molecule has 0 atom stereocenters. The topological polar surface area (TPSA) is 120 Å². The lowest BCUT2D eigenvalue weighted by atomic mass is 10.0. The highest BCUT2D eigenvalue weighted by atomic mass is 35.5. The lowest BCUT2D eigenvalue weighted by Gasteiger charge is -2.17. The summed E-state index contributed by atoms with van der Waals surface area (Å²) in [6.45, 7) is -1.67. The lowest BCUT2D eigenvalue weighted by Crippen LogP contribution is -2.29. The number of ketones is 1. The average molecular weight is 507 g/mol. The van der Waals surface area contributed by atoms with Gasteiger partial charge in [0.15, 0.2) is 12.4 Å². The van der Waals surface area contributed by atoms with Crippen LogP contribution >= 0.6 is 11.6 Å². The predicted octanol–water partition coefficient (Wildman–Crippen LogP) is 4.31. The molecule has 0 aliphatic rings. The van der Waals surface area contributed by atoms with Gasteiger partial charge in [0.25, 0.3) is 0 Å². The molecule has 0 fully saturated rings. The molecule has 182 valence electrons. The fourth-order valence-electron chi connectivity index (χ4n) is 2.99. The number of carbonyl (C=O) groups excluding carboxylic acids is 3. The van der Waals surface area contributed by atoms with E-state index in [4.69, 9.17) is 11.6 Å². The third-order valence-corrected chi connectivity index (χ3v) is 4.77. The van der Waals surface area contributed by atoms with Crippen molar-refractivity contribution in [3.63, 3.8) is 0 Å². The van der Waals surface area contributed by atoms with E-state index >= 15 is 0 Å². The first-order chi connectivity index (χ1) is 16.5. The van der Waals surface area contributed by atoms with Crippen LogP contribution in [0.2, 0.25) is 5.02 Å². The quantitative estimate of drug-likeness (QED) is 0.347. The van der Waals surface area contributed by atoms with E-state index < -0.39 is 42.7 Å². The van der Waals surface area contributed by atoms with Crippen molar-refractivity contribution < 1.29 is 37.4 Å². The number of halogens is 4. The predicted molar refractivity (Wildman–Crippen MR) is 119 cm³/mol. The molecule has 0 aliphatic heterocycles. The van der Waals surface area contributed by atoms with Crippen molar-refractivity contribution in [3.8, 4) is 16.9 Å². The number of nitrogens with one attached hydrogen (secondary N) is 2. The monoisotopic (exact) mass is 506 g/mol. The summed E-state index contributed by atoms with van der Waals surface area (Å²) >= 11 is 5.92. The molecule has 35 heavy (non-hydrogen) atoms. The Morgan fingerprint density at radius 2 is 1.71 bits per heavy atom. The number of benzene rings is 2. The van der Waals surface area contributed by atoms with Gasteiger partial charge in [-0.15, -0.1) is 0 Å². The number of Topliss-reactive ketones (excluding diaryl/α,β-unsaturated/α-hetero) is 1. The molecule has 12 heteroatoms. The lowest BCUT2D eigenvalue weighted by molar-refractivity contribution is -0.242. The maximum Gasteiger partial charge on any atom is 0.422 e. The van der Waals surface area contributed by atoms with Gasteiger partial charge in [-0.25, -0.2) is 0 Å². The summed E-state index contributed by atoms with van der Waals surface area (Å²) in [6, 6.07) is 11.9. The van der Waals surface area contributed by atoms with Crippen LogP contribution in [0.25, 0.3) is 11.1 Å². The Hall–Kier alpha value is -4.12. The number of anilines is 2. The summed E-state index contributed by atoms with van der Waals surface area (Å²) in [7, 11) is 0. The molecule has 0 unspecified atom stereocenters. The largest absolute Gasteiger partial charge is 0.530 e. The van der Waals surface area contributed by atoms with Gasteiger partial charge in [-0.1, -0.05) is 35.9 Å². The molecule has 0 aliphatic carbocycles. The van der Waals surface area contributed by atoms with Crippen LogP contribution in [-0.2, 0) is 4.79 Å². The first-order valence-electron chi connectivity index (χ1n) is 9.86. The zero-order valence-electron chi connectivity index (χ0n) is 17.7. The van der Waals surface area contributed by atoms with E-state index in [-0.39, 0.29) is 22.0 Å². The van der Waals surface area contributed by atoms with Gasteiger partial charge in [-0.3, -0.25) is 14.6 Å². The number of nitrogens with zero attached hydrogens (tertiary/aromatic N) is 1. The van der Waals surface area contributed by atoms with Crippen LogP contribution in [0.5, 0.6) is 5.75 Å². The average Bonchev–Trinajstić information content (AvgIpc) is 2.79. The number of pyridine rings is 1. The Balaban J connectivity index is 1.76. The number of alkyl halides is 3. The smallest absolute Gasteiger partial charge is 0.422 e. The fourth-order valence-corrected chi connectivity index (χ4v) is 3.21. The summed E-state index contributed by atoms with van der Waals surface area (Å²) in [5, 5.41) is 14.8. The van der Waals surface area contributed by atoms with E-state index in [1.54, 1.807) is 42.7 Å². The number of aromatic nitrogens is 1. The zero-order chi connectivity index (χ0) is 25.6. The zero-order valence-corrected chi connectivity index (χ0v) is 18.4. The Labute approximate surface area is 201 Å². The van der Waals surface area contributed by atoms with Crippen LogP contribution in [0.3, 0.4) is 0 Å². The van der Waals surface area contributed by atoms with Gasteiger partial charge in [-0.05, 0) is 23.8 Å². The summed E-state index contributed by atoms with van der Waals surface area (Å²) in [6.07, 6.45) is -3.84. The number of ether oxygens (including phenoxy) is 1. The second-order valence-electron chi connectivity index (χ2n) is 7.12. The van der Waals surface area contributed by atoms with Gasteiger partial charge >= 0.3 is 6.18 Å². The first kappa shape index (κ1) is 25.5. The van der Waals surface area contributed by atoms with Crippen molar-refractivity contribution >= 4 is 40.8 Å². The molecular formula is C23H16ClF3N3O5-. The van der Waals surface area contributed by atoms with E-state index in [0.717, 1.165) is 17.7 Å². The second kappa shape index (κ2) is 10.9. The molecule has 2 amide bonds. The van der Waals surface area contributed by atoms with Crippen molar-refractivity contribution in [3.05, 3.63) is 71.5 Å². The first-order valence-corrected chi connectivity index (χ1v) is 10.2. The molecule has 3 aromatic rings. The maximum absolute atomic E-state index is 12.6. The molecule has 8 nitrogen and oxygen atoms in total. The van der Waals surface area contributed by atoms with Crippen molar-refractivity contribution in [1.29, 1.82) is 0 Å². The Morgan fingerprint density at radius 3 is 2.37 bits per heavy atom. The molecule has 1 heterocycles. The fraction of sp³-hybridized carbons (Fsp3) is 0.130. The van der Waals surface area contributed by atoms with E-state index in [1.807, 2.05) is 5.32 Å². The van der Waals surface area contributed by atoms with E-state index in [1.165, 1.54) is 6.07 Å². The number of carboxylic acid groups (broad SMARTS) is 1. The van der Waals surface area contributed by atoms with Crippen LogP contribution in [0.15, 0.2) is 60.9 Å². The van der Waals surface area contributed by atoms with Crippen molar-refractivity contribution in [1.82, 2.24) is 4.98 Å². The molecule has 0 radical (unpaired) electrons. The SMILES string of the molecule is O=C([O-])Nc1cc(OCC(F)(F)F)c(Cl)cc1NC(=O)CC(=O)c1cccc(-c2cccnc2)c1. The van der Waals surface area contributed by atoms with Gasteiger partial charge in [0.05, 0.1) is 22.8 Å². The van der Waals surface area contributed by atoms with E-state index in [9.17, 15) is 32.7 Å². The summed E-state index contributed by atoms with van der Waals surface area (Å²) in [5.41, 5.74) is 1.17. The van der Waals surface area contributed by atoms with Crippen molar-refractivity contribution in [2.24, 2.45) is 0 Å². The van der Waals surface area contributed by atoms with Gasteiger partial charge < -0.3 is 25.3 Å². The Bertz CT molecular complexity index is 1250. The molecule has 0 bridgehead atoms. The molecule has 0 saturated carbocycles. The highest BCUT2D eigenvalue weighted by Gasteiger charge is 2.29. The minimum atomic E-state index is -4.66. The number of carbonyl (C=O) groups is 3. The summed E-state index contributed by atoms with van der Waals surface area (Å²) in [4.78, 5) is 40.1. The Kier molecular flexibility index (Phi) is 7.92. The molecule has 3 rings (SSSR count). The third kappa shape index (κ3) is 7.44. The molecular weight excluding hydrogens is 491 g/mol. The van der Waals surface area contributed by atoms with Gasteiger partial charge in [0.2, 0.25) is 5.91 Å². The molecule has 0 spiro atoms. The van der Waals surface area contributed by atoms with Crippen LogP contribution < -0.4 is 20.5 Å². The molecule has 1 aromatic heterocycles. The highest BCUT2D eigenvalue weighted by molar-refractivity contribution is 6.32. The van der Waals surface area contributed by atoms with Crippen LogP contribution in [-0.4, -0.2) is 35.6 Å². The van der Waals surface area contributed by atoms with Crippen molar-refractivity contribution in [2.75, 3.05) is 17.2 Å². The molecule has 2 N–H and O–H groups in total. The maximum atomic E-state index is 12.6. The minimum Gasteiger partial charge on any atom is -0.530 e. The third-order valence-electron chi connectivity index (χ3n) is 4.47. The standard InChI is InChI=1S/C23H17ClF3N3O5/c24-16-8-17(18(30-22(33)34)9-20(16)35-12-23(25,26)27)29-21(32)10-19(31)14-4-1-3-13(7-14)15-5-2-6-28-11-15/h1-9,11,30H,10,12H2,(H,29,32)(H,33,34)/p-1. The van der Waals surface area contributed by atoms with Gasteiger partial charge in [-0.2, -0.15) is 13.2 Å². The number of rotatable bonds is 8. The molecule has 2 aromatic carbocycles. The number of amides is 2. The number of hydrogen-bond acceptors (Lipinski definition) is 6. The highest BCUT2D eigenvalue weighted by Crippen LogP contribution is 2.35. The van der Waals surface area contributed by atoms with E-state index in [0.29, 0.717) is 5.56 Å². The van der Waals surface area contributed by atoms with Crippen LogP contribution in [0.1, 0.15) is 16.8 Å². The van der Waals surface area contributed by atoms with Gasteiger partial charge in [0.1, 0.15) is 11.8 Å². The Morgan fingerprint density at radius 1 is 1.00 bits per heavy atom. The van der Waals surface area contributed by atoms with Gasteiger partial charge in [0, 0.05) is 29.6 Å². The van der Waals surface area contributed by atoms with Crippen LogP contribution in [0, 0.1) is 0 Å². The summed E-state index contributed by atoms with van der Waals surface area (Å²) < 4.78 is 41.9. The van der Waals surface area contributed by atoms with E-state index in [2.05, 4.69) is 15.0 Å². The van der Waals surface area contributed by atoms with Crippen LogP contribution in [0.4, 0.5) is 29.3 Å². The second-order valence-corrected chi connectivity index (χ2v) is 7.52. The molecule has 0 saturated heterocycles.